The maximum Gasteiger partial charge on any atom is 0.317 e. The summed E-state index contributed by atoms with van der Waals surface area (Å²) in [5.74, 6) is 1.07. The molecule has 2 heterocycles. The summed E-state index contributed by atoms with van der Waals surface area (Å²) in [6, 6.07) is 13.2. The summed E-state index contributed by atoms with van der Waals surface area (Å²) >= 11 is 0. The van der Waals surface area contributed by atoms with Crippen molar-refractivity contribution >= 4 is 17.6 Å². The molecule has 2 aromatic rings. The third-order valence-corrected chi connectivity index (χ3v) is 7.28. The van der Waals surface area contributed by atoms with E-state index in [4.69, 9.17) is 19.3 Å². The molecule has 0 radical (unpaired) electrons. The normalized spacial score (nSPS) is 17.4. The molecule has 10 heteroatoms. The lowest BCUT2D eigenvalue weighted by atomic mass is 9.97. The molecule has 3 amide bonds. The van der Waals surface area contributed by atoms with Crippen LogP contribution in [-0.4, -0.2) is 99.2 Å². The van der Waals surface area contributed by atoms with Gasteiger partial charge in [-0.3, -0.25) is 9.69 Å². The van der Waals surface area contributed by atoms with Gasteiger partial charge in [0.15, 0.2) is 0 Å². The Morgan fingerprint density at radius 1 is 1.10 bits per heavy atom. The van der Waals surface area contributed by atoms with Crippen LogP contribution < -0.4 is 14.8 Å². The number of hydrogen-bond acceptors (Lipinski definition) is 7. The first-order valence-electron chi connectivity index (χ1n) is 13.9. The minimum atomic E-state index is -0.297. The van der Waals surface area contributed by atoms with Gasteiger partial charge in [0.05, 0.1) is 39.2 Å². The maximum atomic E-state index is 13.9. The molecule has 0 aromatic heterocycles. The van der Waals surface area contributed by atoms with Gasteiger partial charge in [-0.15, -0.1) is 0 Å². The van der Waals surface area contributed by atoms with Crippen molar-refractivity contribution in [2.24, 2.45) is 5.10 Å². The molecular weight excluding hydrogens is 510 g/mol. The van der Waals surface area contributed by atoms with Crippen molar-refractivity contribution in [1.29, 1.82) is 0 Å². The zero-order valence-electron chi connectivity index (χ0n) is 24.0. The molecule has 4 rings (SSSR count). The Balaban J connectivity index is 1.59. The number of carbonyl (C=O) groups is 2. The van der Waals surface area contributed by atoms with E-state index in [1.807, 2.05) is 56.3 Å². The summed E-state index contributed by atoms with van der Waals surface area (Å²) in [5, 5.41) is 9.30. The molecule has 0 aliphatic carbocycles. The first-order valence-corrected chi connectivity index (χ1v) is 13.9. The van der Waals surface area contributed by atoms with Gasteiger partial charge in [0.2, 0.25) is 0 Å². The lowest BCUT2D eigenvalue weighted by Gasteiger charge is -2.31. The van der Waals surface area contributed by atoms with E-state index < -0.39 is 0 Å². The first kappa shape index (κ1) is 29.4. The number of rotatable bonds is 11. The van der Waals surface area contributed by atoms with Crippen molar-refractivity contribution in [3.8, 4) is 11.5 Å². The number of carbonyl (C=O) groups excluding carboxylic acids is 2. The summed E-state index contributed by atoms with van der Waals surface area (Å²) in [7, 11) is 3.21. The van der Waals surface area contributed by atoms with Crippen LogP contribution in [0.25, 0.3) is 0 Å². The lowest BCUT2D eigenvalue weighted by Crippen LogP contribution is -2.49. The van der Waals surface area contributed by atoms with Crippen LogP contribution in [-0.2, 0) is 9.53 Å². The number of benzene rings is 2. The number of morpholine rings is 1. The smallest absolute Gasteiger partial charge is 0.317 e. The lowest BCUT2D eigenvalue weighted by molar-refractivity contribution is -0.133. The largest absolute Gasteiger partial charge is 0.497 e. The molecule has 1 saturated heterocycles. The van der Waals surface area contributed by atoms with Crippen molar-refractivity contribution < 1.29 is 23.8 Å². The van der Waals surface area contributed by atoms with Crippen molar-refractivity contribution in [3.05, 3.63) is 59.2 Å². The highest BCUT2D eigenvalue weighted by molar-refractivity contribution is 6.05. The van der Waals surface area contributed by atoms with Crippen molar-refractivity contribution in [3.63, 3.8) is 0 Å². The average Bonchev–Trinajstić information content (AvgIpc) is 3.44. The molecule has 10 nitrogen and oxygen atoms in total. The van der Waals surface area contributed by atoms with Crippen LogP contribution in [0.2, 0.25) is 0 Å². The second kappa shape index (κ2) is 14.1. The van der Waals surface area contributed by atoms with Gasteiger partial charge < -0.3 is 24.4 Å². The Morgan fingerprint density at radius 3 is 2.52 bits per heavy atom. The van der Waals surface area contributed by atoms with Crippen molar-refractivity contribution in [2.45, 2.75) is 32.7 Å². The zero-order valence-corrected chi connectivity index (χ0v) is 24.0. The van der Waals surface area contributed by atoms with Crippen LogP contribution in [0, 0.1) is 6.92 Å². The summed E-state index contributed by atoms with van der Waals surface area (Å²) in [4.78, 5) is 30.8. The van der Waals surface area contributed by atoms with Gasteiger partial charge in [-0.2, -0.15) is 5.10 Å². The Kier molecular flexibility index (Phi) is 10.4. The van der Waals surface area contributed by atoms with Crippen LogP contribution in [0.4, 0.5) is 4.79 Å². The number of hydrazone groups is 1. The number of urea groups is 1. The number of aryl methyl sites for hydroxylation is 1. The highest BCUT2D eigenvalue weighted by Crippen LogP contribution is 2.36. The molecular formula is C30H41N5O5. The molecule has 0 unspecified atom stereocenters. The molecule has 1 atom stereocenters. The fourth-order valence-electron chi connectivity index (χ4n) is 4.91. The molecule has 1 N–H and O–H groups in total. The van der Waals surface area contributed by atoms with Crippen molar-refractivity contribution in [2.75, 3.05) is 66.7 Å². The monoisotopic (exact) mass is 551 g/mol. The molecule has 2 aliphatic heterocycles. The topological polar surface area (TPSA) is 95.9 Å². The molecule has 0 saturated carbocycles. The molecule has 1 fully saturated rings. The summed E-state index contributed by atoms with van der Waals surface area (Å²) in [6.07, 6.45) is 1.34. The predicted molar refractivity (Wildman–Crippen MR) is 154 cm³/mol. The fraction of sp³-hybridized carbons (Fsp3) is 0.500. The molecule has 0 spiro atoms. The summed E-state index contributed by atoms with van der Waals surface area (Å²) < 4.78 is 16.4. The van der Waals surface area contributed by atoms with E-state index >= 15 is 0 Å². The number of amides is 3. The Labute approximate surface area is 236 Å². The average molecular weight is 552 g/mol. The maximum absolute atomic E-state index is 13.9. The first-order chi connectivity index (χ1) is 19.4. The van der Waals surface area contributed by atoms with E-state index in [9.17, 15) is 9.59 Å². The molecule has 40 heavy (non-hydrogen) atoms. The quantitative estimate of drug-likeness (QED) is 0.460. The second-order valence-corrected chi connectivity index (χ2v) is 10.1. The fourth-order valence-corrected chi connectivity index (χ4v) is 4.91. The third kappa shape index (κ3) is 7.31. The highest BCUT2D eigenvalue weighted by atomic mass is 16.5. The molecule has 2 aromatic carbocycles. The minimum Gasteiger partial charge on any atom is -0.497 e. The van der Waals surface area contributed by atoms with Gasteiger partial charge in [-0.25, -0.2) is 9.80 Å². The van der Waals surface area contributed by atoms with E-state index in [1.165, 1.54) is 0 Å². The molecule has 0 bridgehead atoms. The number of ether oxygens (including phenoxy) is 3. The van der Waals surface area contributed by atoms with Gasteiger partial charge in [0, 0.05) is 50.8 Å². The number of hydrogen-bond donors (Lipinski definition) is 1. The third-order valence-electron chi connectivity index (χ3n) is 7.28. The number of methoxy groups -OCH3 is 2. The standard InChI is InChI=1S/C30H41N5O5/c1-5-12-31-30(37)34(14-13-33-15-17-40-18-16-33)21-29(36)35-27(23-8-6-22(2)7-9-23)20-26(32-35)25-11-10-24(38-3)19-28(25)39-4/h6-11,19,27H,5,12-18,20-21H2,1-4H3,(H,31,37)/t27-/m0/s1. The van der Waals surface area contributed by atoms with Gasteiger partial charge >= 0.3 is 6.03 Å². The number of nitrogens with one attached hydrogen (secondary N) is 1. The minimum absolute atomic E-state index is 0.0707. The Hall–Kier alpha value is -3.63. The second-order valence-electron chi connectivity index (χ2n) is 10.1. The van der Waals surface area contributed by atoms with Gasteiger partial charge in [0.25, 0.3) is 5.91 Å². The van der Waals surface area contributed by atoms with Crippen LogP contribution in [0.5, 0.6) is 11.5 Å². The van der Waals surface area contributed by atoms with Crippen LogP contribution in [0.1, 0.15) is 42.5 Å². The predicted octanol–water partition coefficient (Wildman–Crippen LogP) is 3.44. The van der Waals surface area contributed by atoms with Crippen molar-refractivity contribution in [1.82, 2.24) is 20.1 Å². The van der Waals surface area contributed by atoms with E-state index in [1.54, 1.807) is 24.1 Å². The zero-order chi connectivity index (χ0) is 28.5. The Bertz CT molecular complexity index is 1180. The summed E-state index contributed by atoms with van der Waals surface area (Å²) in [5.41, 5.74) is 3.68. The Morgan fingerprint density at radius 2 is 1.85 bits per heavy atom. The summed E-state index contributed by atoms with van der Waals surface area (Å²) in [6.45, 7) is 8.63. The number of nitrogens with zero attached hydrogens (tertiary/aromatic N) is 4. The van der Waals surface area contributed by atoms with E-state index in [0.29, 0.717) is 50.8 Å². The van der Waals surface area contributed by atoms with E-state index in [0.717, 1.165) is 41.9 Å². The molecule has 2 aliphatic rings. The van der Waals surface area contributed by atoms with E-state index in [-0.39, 0.29) is 24.5 Å². The van der Waals surface area contributed by atoms with Crippen LogP contribution in [0.3, 0.4) is 0 Å². The highest BCUT2D eigenvalue weighted by Gasteiger charge is 2.35. The molecule has 216 valence electrons. The van der Waals surface area contributed by atoms with Crippen LogP contribution in [0.15, 0.2) is 47.6 Å². The van der Waals surface area contributed by atoms with Crippen LogP contribution >= 0.6 is 0 Å². The van der Waals surface area contributed by atoms with Gasteiger partial charge in [0.1, 0.15) is 18.0 Å². The van der Waals surface area contributed by atoms with Gasteiger partial charge in [-0.05, 0) is 31.0 Å². The van der Waals surface area contributed by atoms with Gasteiger partial charge in [-0.1, -0.05) is 36.8 Å². The van der Waals surface area contributed by atoms with E-state index in [2.05, 4.69) is 10.2 Å². The SMILES string of the molecule is CCCNC(=O)N(CCN1CCOCC1)CC(=O)N1N=C(c2ccc(OC)cc2OC)C[C@H]1c1ccc(C)cc1.